The van der Waals surface area contributed by atoms with Gasteiger partial charge in [0.05, 0.1) is 11.3 Å². The first-order valence-corrected chi connectivity index (χ1v) is 14.9. The van der Waals surface area contributed by atoms with Gasteiger partial charge in [-0.2, -0.15) is 0 Å². The lowest BCUT2D eigenvalue weighted by atomic mass is 9.98. The second kappa shape index (κ2) is 13.1. The van der Waals surface area contributed by atoms with Gasteiger partial charge in [0.2, 0.25) is 0 Å². The van der Waals surface area contributed by atoms with E-state index in [2.05, 4.69) is 57.1 Å². The molecule has 3 aromatic rings. The highest BCUT2D eigenvalue weighted by molar-refractivity contribution is 6.29. The minimum absolute atomic E-state index is 0.0872. The lowest BCUT2D eigenvalue weighted by Gasteiger charge is -2.42. The number of rotatable bonds is 9. The number of benzene rings is 1. The standard InChI is InChI=1S/C32H40ClN5O3/c1-21-7-11-34-19-25(21)20-38(27-5-6-28-29(18-27)41-16-15-40-28)26-9-13-37(14-10-26)23(3)8-12-35-32(39)31-22(2)17-30(33)36-24(31)4/h5-7,11,17-19,23,26H,8-10,12-16,20H2,1-4H3,(H,35,39). The van der Waals surface area contributed by atoms with Crippen molar-refractivity contribution in [3.8, 4) is 11.5 Å². The zero-order valence-electron chi connectivity index (χ0n) is 24.5. The summed E-state index contributed by atoms with van der Waals surface area (Å²) in [5, 5.41) is 3.50. The number of aromatic nitrogens is 2. The van der Waals surface area contributed by atoms with Gasteiger partial charge in [0.25, 0.3) is 5.91 Å². The third-order valence-electron chi connectivity index (χ3n) is 8.35. The number of piperidine rings is 1. The van der Waals surface area contributed by atoms with E-state index in [1.807, 2.05) is 32.3 Å². The van der Waals surface area contributed by atoms with Crippen LogP contribution < -0.4 is 19.7 Å². The minimum atomic E-state index is -0.0872. The summed E-state index contributed by atoms with van der Waals surface area (Å²) in [6.45, 7) is 12.7. The van der Waals surface area contributed by atoms with Crippen molar-refractivity contribution in [1.29, 1.82) is 0 Å². The van der Waals surface area contributed by atoms with Gasteiger partial charge in [-0.25, -0.2) is 4.98 Å². The number of carbonyl (C=O) groups is 1. The molecule has 1 amide bonds. The van der Waals surface area contributed by atoms with Gasteiger partial charge in [-0.05, 0) is 87.9 Å². The molecule has 8 nitrogen and oxygen atoms in total. The summed E-state index contributed by atoms with van der Waals surface area (Å²) < 4.78 is 11.7. The van der Waals surface area contributed by atoms with Crippen LogP contribution in [0.15, 0.2) is 42.7 Å². The summed E-state index contributed by atoms with van der Waals surface area (Å²) in [6.07, 6.45) is 6.83. The van der Waals surface area contributed by atoms with E-state index < -0.39 is 0 Å². The quantitative estimate of drug-likeness (QED) is 0.336. The van der Waals surface area contributed by atoms with Crippen molar-refractivity contribution in [2.45, 2.75) is 65.6 Å². The Bertz CT molecular complexity index is 1350. The second-order valence-corrected chi connectivity index (χ2v) is 11.5. The molecule has 41 heavy (non-hydrogen) atoms. The van der Waals surface area contributed by atoms with Crippen molar-refractivity contribution < 1.29 is 14.3 Å². The molecule has 2 aliphatic rings. The van der Waals surface area contributed by atoms with Crippen LogP contribution in [0.1, 0.15) is 58.9 Å². The molecule has 1 atom stereocenters. The Labute approximate surface area is 248 Å². The number of amides is 1. The molecule has 9 heteroatoms. The molecule has 2 aliphatic heterocycles. The van der Waals surface area contributed by atoms with Crippen molar-refractivity contribution in [3.63, 3.8) is 0 Å². The normalized spacial score (nSPS) is 16.3. The van der Waals surface area contributed by atoms with E-state index in [-0.39, 0.29) is 5.91 Å². The van der Waals surface area contributed by atoms with E-state index in [0.717, 1.165) is 61.6 Å². The van der Waals surface area contributed by atoms with Crippen LogP contribution >= 0.6 is 11.6 Å². The van der Waals surface area contributed by atoms with Crippen LogP contribution in [-0.4, -0.2) is 65.7 Å². The summed E-state index contributed by atoms with van der Waals surface area (Å²) in [6, 6.07) is 10.9. The molecule has 1 saturated heterocycles. The molecule has 0 spiro atoms. The fourth-order valence-corrected chi connectivity index (χ4v) is 6.21. The summed E-state index contributed by atoms with van der Waals surface area (Å²) in [7, 11) is 0. The molecule has 1 N–H and O–H groups in total. The van der Waals surface area contributed by atoms with E-state index in [1.165, 1.54) is 11.1 Å². The number of likely N-dealkylation sites (tertiary alicyclic amines) is 1. The maximum Gasteiger partial charge on any atom is 0.253 e. The lowest BCUT2D eigenvalue weighted by Crippen LogP contribution is -2.48. The highest BCUT2D eigenvalue weighted by Crippen LogP contribution is 2.36. The summed E-state index contributed by atoms with van der Waals surface area (Å²) in [4.78, 5) is 26.5. The smallest absolute Gasteiger partial charge is 0.253 e. The Morgan fingerprint density at radius 2 is 1.85 bits per heavy atom. The summed E-state index contributed by atoms with van der Waals surface area (Å²) in [5.41, 5.74) is 5.75. The molecule has 1 fully saturated rings. The van der Waals surface area contributed by atoms with Crippen LogP contribution in [0.4, 0.5) is 5.69 Å². The molecular formula is C32H40ClN5O3. The number of aryl methyl sites for hydroxylation is 3. The van der Waals surface area contributed by atoms with Crippen LogP contribution in [-0.2, 0) is 6.54 Å². The van der Waals surface area contributed by atoms with Gasteiger partial charge in [0, 0.05) is 62.4 Å². The Balaban J connectivity index is 1.20. The van der Waals surface area contributed by atoms with E-state index >= 15 is 0 Å². The molecule has 5 rings (SSSR count). The van der Waals surface area contributed by atoms with Crippen LogP contribution in [0.2, 0.25) is 5.15 Å². The molecule has 1 unspecified atom stereocenters. The highest BCUT2D eigenvalue weighted by Gasteiger charge is 2.28. The first-order valence-electron chi connectivity index (χ1n) is 14.5. The van der Waals surface area contributed by atoms with Crippen LogP contribution in [0.3, 0.4) is 0 Å². The topological polar surface area (TPSA) is 79.8 Å². The fourth-order valence-electron chi connectivity index (χ4n) is 5.92. The van der Waals surface area contributed by atoms with Gasteiger partial charge in [0.1, 0.15) is 18.4 Å². The third kappa shape index (κ3) is 6.93. The van der Waals surface area contributed by atoms with Crippen LogP contribution in [0, 0.1) is 20.8 Å². The van der Waals surface area contributed by atoms with Gasteiger partial charge >= 0.3 is 0 Å². The molecule has 0 aliphatic carbocycles. The molecule has 1 aromatic carbocycles. The van der Waals surface area contributed by atoms with E-state index in [0.29, 0.717) is 48.3 Å². The van der Waals surface area contributed by atoms with Crippen molar-refractivity contribution in [1.82, 2.24) is 20.2 Å². The first kappa shape index (κ1) is 29.1. The zero-order valence-corrected chi connectivity index (χ0v) is 25.2. The fraction of sp³-hybridized carbons (Fsp3) is 0.469. The van der Waals surface area contributed by atoms with Gasteiger partial charge in [0.15, 0.2) is 11.5 Å². The van der Waals surface area contributed by atoms with Crippen molar-refractivity contribution >= 4 is 23.2 Å². The van der Waals surface area contributed by atoms with E-state index in [4.69, 9.17) is 21.1 Å². The van der Waals surface area contributed by atoms with Crippen molar-refractivity contribution in [2.75, 3.05) is 37.7 Å². The predicted octanol–water partition coefficient (Wildman–Crippen LogP) is 5.51. The highest BCUT2D eigenvalue weighted by atomic mass is 35.5. The average Bonchev–Trinajstić information content (AvgIpc) is 2.96. The maximum absolute atomic E-state index is 12.8. The number of nitrogens with zero attached hydrogens (tertiary/aromatic N) is 4. The van der Waals surface area contributed by atoms with Crippen molar-refractivity contribution in [3.05, 3.63) is 75.8 Å². The summed E-state index contributed by atoms with van der Waals surface area (Å²) >= 11 is 6.03. The van der Waals surface area contributed by atoms with E-state index in [9.17, 15) is 4.79 Å². The first-order chi connectivity index (χ1) is 19.8. The Morgan fingerprint density at radius 1 is 1.10 bits per heavy atom. The predicted molar refractivity (Wildman–Crippen MR) is 162 cm³/mol. The molecule has 0 bridgehead atoms. The number of hydrogen-bond donors (Lipinski definition) is 1. The summed E-state index contributed by atoms with van der Waals surface area (Å²) in [5.74, 6) is 1.54. The number of pyridine rings is 2. The zero-order chi connectivity index (χ0) is 28.9. The van der Waals surface area contributed by atoms with Crippen LogP contribution in [0.5, 0.6) is 11.5 Å². The number of halogens is 1. The van der Waals surface area contributed by atoms with E-state index in [1.54, 1.807) is 6.07 Å². The van der Waals surface area contributed by atoms with Gasteiger partial charge in [-0.3, -0.25) is 9.78 Å². The number of anilines is 1. The maximum atomic E-state index is 12.8. The van der Waals surface area contributed by atoms with Crippen LogP contribution in [0.25, 0.3) is 0 Å². The van der Waals surface area contributed by atoms with Gasteiger partial charge in [-0.1, -0.05) is 11.6 Å². The number of hydrogen-bond acceptors (Lipinski definition) is 7. The Hall–Kier alpha value is -3.36. The molecule has 0 saturated carbocycles. The van der Waals surface area contributed by atoms with Gasteiger partial charge < -0.3 is 24.6 Å². The lowest BCUT2D eigenvalue weighted by molar-refractivity contribution is 0.0943. The number of fused-ring (bicyclic) bond motifs is 1. The van der Waals surface area contributed by atoms with Crippen molar-refractivity contribution in [2.24, 2.45) is 0 Å². The molecule has 2 aromatic heterocycles. The monoisotopic (exact) mass is 577 g/mol. The minimum Gasteiger partial charge on any atom is -0.486 e. The number of nitrogens with one attached hydrogen (secondary N) is 1. The average molecular weight is 578 g/mol. The molecule has 0 radical (unpaired) electrons. The SMILES string of the molecule is Cc1ccncc1CN(c1ccc2c(c1)OCCO2)C1CCN(C(C)CCNC(=O)c2c(C)cc(Cl)nc2C)CC1. The Kier molecular flexibility index (Phi) is 9.30. The van der Waals surface area contributed by atoms with Gasteiger partial charge in [-0.15, -0.1) is 0 Å². The largest absolute Gasteiger partial charge is 0.486 e. The molecule has 218 valence electrons. The molecular weight excluding hydrogens is 538 g/mol. The number of carbonyl (C=O) groups excluding carboxylic acids is 1. The number of ether oxygens (including phenoxy) is 2. The third-order valence-corrected chi connectivity index (χ3v) is 8.54. The second-order valence-electron chi connectivity index (χ2n) is 11.1. The Morgan fingerprint density at radius 3 is 2.59 bits per heavy atom. The molecule has 4 heterocycles.